The maximum absolute atomic E-state index is 14.8. The summed E-state index contributed by atoms with van der Waals surface area (Å²) in [6.45, 7) is 0. The van der Waals surface area contributed by atoms with Gasteiger partial charge in [0.05, 0.1) is 0 Å². The second-order valence-electron chi connectivity index (χ2n) is 10.1. The lowest BCUT2D eigenvalue weighted by molar-refractivity contribution is 0.152. The van der Waals surface area contributed by atoms with Crippen LogP contribution in [-0.2, 0) is 0 Å². The van der Waals surface area contributed by atoms with Crippen LogP contribution in [0.25, 0.3) is 11.1 Å². The normalized spacial score (nSPS) is 29.2. The first-order valence-corrected chi connectivity index (χ1v) is 11.9. The maximum Gasteiger partial charge on any atom is 0.194 e. The summed E-state index contributed by atoms with van der Waals surface area (Å²) in [4.78, 5) is 0. The molecule has 0 radical (unpaired) electrons. The predicted molar refractivity (Wildman–Crippen MR) is 115 cm³/mol. The Kier molecular flexibility index (Phi) is 5.83. The van der Waals surface area contributed by atoms with Gasteiger partial charge in [-0.2, -0.15) is 0 Å². The summed E-state index contributed by atoms with van der Waals surface area (Å²) in [6.07, 6.45) is 13.1. The van der Waals surface area contributed by atoms with Gasteiger partial charge in [0.1, 0.15) is 5.82 Å². The lowest BCUT2D eigenvalue weighted by atomic mass is 9.68. The molecule has 0 spiro atoms. The molecule has 0 aliphatic heterocycles. The summed E-state index contributed by atoms with van der Waals surface area (Å²) in [6, 6.07) is 6.63. The van der Waals surface area contributed by atoms with Crippen LogP contribution in [0.5, 0.6) is 0 Å². The van der Waals surface area contributed by atoms with Crippen molar-refractivity contribution in [3.8, 4) is 11.1 Å². The van der Waals surface area contributed by atoms with Crippen LogP contribution >= 0.6 is 0 Å². The summed E-state index contributed by atoms with van der Waals surface area (Å²) >= 11 is 0. The van der Waals surface area contributed by atoms with Gasteiger partial charge in [-0.1, -0.05) is 12.1 Å². The molecule has 2 aromatic rings. The van der Waals surface area contributed by atoms with E-state index in [0.717, 1.165) is 54.2 Å². The Morgan fingerprint density at radius 1 is 0.516 bits per heavy atom. The van der Waals surface area contributed by atoms with E-state index < -0.39 is 23.3 Å². The van der Waals surface area contributed by atoms with E-state index in [1.54, 1.807) is 6.07 Å². The van der Waals surface area contributed by atoms with E-state index >= 15 is 0 Å². The van der Waals surface area contributed by atoms with Crippen molar-refractivity contribution in [2.75, 3.05) is 0 Å². The molecule has 0 atom stereocenters. The highest BCUT2D eigenvalue weighted by molar-refractivity contribution is 5.65. The number of hydrogen-bond donors (Lipinski definition) is 0. The molecule has 3 aliphatic carbocycles. The third-order valence-corrected chi connectivity index (χ3v) is 8.30. The molecule has 2 aromatic carbocycles. The van der Waals surface area contributed by atoms with Crippen LogP contribution in [0, 0.1) is 46.9 Å². The maximum atomic E-state index is 14.8. The average molecular weight is 431 g/mol. The van der Waals surface area contributed by atoms with Crippen LogP contribution in [0.1, 0.15) is 75.7 Å². The standard InChI is InChI=1S/C27H30F4/c28-24-13-21(11-12-23(24)22-14-25(29)27(31)26(30)15-22)20-9-7-19(8-10-20)18-5-3-17(4-6-18)16-1-2-16/h11-20H,1-10H2. The summed E-state index contributed by atoms with van der Waals surface area (Å²) in [5, 5.41) is 0. The van der Waals surface area contributed by atoms with E-state index in [1.807, 2.05) is 6.07 Å². The van der Waals surface area contributed by atoms with Crippen molar-refractivity contribution in [3.63, 3.8) is 0 Å². The van der Waals surface area contributed by atoms with Gasteiger partial charge in [-0.25, -0.2) is 17.6 Å². The van der Waals surface area contributed by atoms with E-state index in [4.69, 9.17) is 0 Å². The summed E-state index contributed by atoms with van der Waals surface area (Å²) in [5.41, 5.74) is 1.08. The van der Waals surface area contributed by atoms with E-state index in [-0.39, 0.29) is 11.1 Å². The highest BCUT2D eigenvalue weighted by Gasteiger charge is 2.36. The lowest BCUT2D eigenvalue weighted by Crippen LogP contribution is -2.26. The average Bonchev–Trinajstić information content (AvgIpc) is 3.63. The minimum Gasteiger partial charge on any atom is -0.206 e. The zero-order chi connectivity index (χ0) is 21.5. The minimum absolute atomic E-state index is 0.0194. The third-order valence-electron chi connectivity index (χ3n) is 8.30. The van der Waals surface area contributed by atoms with Gasteiger partial charge in [-0.05, 0) is 123 Å². The molecule has 0 nitrogen and oxygen atoms in total. The van der Waals surface area contributed by atoms with Gasteiger partial charge >= 0.3 is 0 Å². The van der Waals surface area contributed by atoms with Gasteiger partial charge in [-0.3, -0.25) is 0 Å². The van der Waals surface area contributed by atoms with Gasteiger partial charge < -0.3 is 0 Å². The van der Waals surface area contributed by atoms with Crippen molar-refractivity contribution in [1.82, 2.24) is 0 Å². The fourth-order valence-corrected chi connectivity index (χ4v) is 6.31. The van der Waals surface area contributed by atoms with Crippen molar-refractivity contribution in [2.45, 2.75) is 70.1 Å². The first kappa shape index (κ1) is 21.0. The van der Waals surface area contributed by atoms with Gasteiger partial charge in [0, 0.05) is 5.56 Å². The number of hydrogen-bond acceptors (Lipinski definition) is 0. The van der Waals surface area contributed by atoms with Crippen molar-refractivity contribution in [3.05, 3.63) is 59.2 Å². The highest BCUT2D eigenvalue weighted by atomic mass is 19.2. The Morgan fingerprint density at radius 3 is 1.42 bits per heavy atom. The number of rotatable bonds is 4. The molecule has 166 valence electrons. The molecule has 0 N–H and O–H groups in total. The van der Waals surface area contributed by atoms with E-state index in [1.165, 1.54) is 57.4 Å². The molecule has 3 aliphatic rings. The number of benzene rings is 2. The van der Waals surface area contributed by atoms with Crippen LogP contribution < -0.4 is 0 Å². The highest BCUT2D eigenvalue weighted by Crippen LogP contribution is 2.49. The Labute approximate surface area is 182 Å². The smallest absolute Gasteiger partial charge is 0.194 e. The Morgan fingerprint density at radius 2 is 0.968 bits per heavy atom. The second-order valence-corrected chi connectivity index (χ2v) is 10.1. The summed E-state index contributed by atoms with van der Waals surface area (Å²) in [7, 11) is 0. The fourth-order valence-electron chi connectivity index (χ4n) is 6.31. The van der Waals surface area contributed by atoms with Gasteiger partial charge in [0.2, 0.25) is 0 Å². The van der Waals surface area contributed by atoms with Crippen molar-refractivity contribution in [2.24, 2.45) is 23.7 Å². The fraction of sp³-hybridized carbons (Fsp3) is 0.556. The molecular formula is C27H30F4. The second kappa shape index (κ2) is 8.60. The summed E-state index contributed by atoms with van der Waals surface area (Å²) in [5.74, 6) is -0.587. The molecule has 3 saturated carbocycles. The molecule has 5 rings (SSSR count). The Hall–Kier alpha value is -1.84. The topological polar surface area (TPSA) is 0 Å². The minimum atomic E-state index is -1.53. The monoisotopic (exact) mass is 430 g/mol. The molecule has 0 bridgehead atoms. The predicted octanol–water partition coefficient (Wildman–Crippen LogP) is 8.40. The first-order valence-electron chi connectivity index (χ1n) is 11.9. The Balaban J connectivity index is 1.21. The first-order chi connectivity index (χ1) is 15.0. The van der Waals surface area contributed by atoms with Crippen LogP contribution in [0.3, 0.4) is 0 Å². The lowest BCUT2D eigenvalue weighted by Gasteiger charge is -2.38. The zero-order valence-electron chi connectivity index (χ0n) is 17.9. The molecule has 0 heterocycles. The largest absolute Gasteiger partial charge is 0.206 e. The van der Waals surface area contributed by atoms with Gasteiger partial charge in [0.25, 0.3) is 0 Å². The van der Waals surface area contributed by atoms with Gasteiger partial charge in [-0.15, -0.1) is 0 Å². The SMILES string of the molecule is Fc1cc(C2CCC(C3CCC(C4CC4)CC3)CC2)ccc1-c1cc(F)c(F)c(F)c1. The molecule has 0 saturated heterocycles. The molecule has 3 fully saturated rings. The van der Waals surface area contributed by atoms with Crippen LogP contribution in [-0.4, -0.2) is 0 Å². The molecule has 31 heavy (non-hydrogen) atoms. The zero-order valence-corrected chi connectivity index (χ0v) is 17.9. The van der Waals surface area contributed by atoms with Crippen molar-refractivity contribution >= 4 is 0 Å². The third kappa shape index (κ3) is 4.40. The van der Waals surface area contributed by atoms with Crippen molar-refractivity contribution < 1.29 is 17.6 Å². The van der Waals surface area contributed by atoms with Gasteiger partial charge in [0.15, 0.2) is 17.5 Å². The van der Waals surface area contributed by atoms with E-state index in [9.17, 15) is 17.6 Å². The summed E-state index contributed by atoms with van der Waals surface area (Å²) < 4.78 is 55.1. The molecular weight excluding hydrogens is 400 g/mol. The van der Waals surface area contributed by atoms with Crippen LogP contribution in [0.15, 0.2) is 30.3 Å². The molecule has 0 amide bonds. The molecule has 0 aromatic heterocycles. The van der Waals surface area contributed by atoms with E-state index in [2.05, 4.69) is 0 Å². The van der Waals surface area contributed by atoms with E-state index in [0.29, 0.717) is 5.92 Å². The van der Waals surface area contributed by atoms with Crippen LogP contribution in [0.2, 0.25) is 0 Å². The Bertz CT molecular complexity index is 909. The van der Waals surface area contributed by atoms with Crippen molar-refractivity contribution in [1.29, 1.82) is 0 Å². The number of halogens is 4. The van der Waals surface area contributed by atoms with Crippen LogP contribution in [0.4, 0.5) is 17.6 Å². The molecule has 0 unspecified atom stereocenters. The molecule has 4 heteroatoms. The quantitative estimate of drug-likeness (QED) is 0.337.